The Morgan fingerprint density at radius 2 is 2.15 bits per heavy atom. The lowest BCUT2D eigenvalue weighted by molar-refractivity contribution is -0.145. The average molecular weight is 186 g/mol. The zero-order valence-electron chi connectivity index (χ0n) is 8.23. The molecule has 3 heteroatoms. The molecule has 0 heterocycles. The number of hydrogen-bond donors (Lipinski definition) is 2. The summed E-state index contributed by atoms with van der Waals surface area (Å²) in [5, 5.41) is 18.0. The van der Waals surface area contributed by atoms with Crippen molar-refractivity contribution in [3.63, 3.8) is 0 Å². The van der Waals surface area contributed by atoms with Crippen molar-refractivity contribution in [3.8, 4) is 0 Å². The van der Waals surface area contributed by atoms with Gasteiger partial charge in [-0.2, -0.15) is 0 Å². The van der Waals surface area contributed by atoms with E-state index in [1.165, 1.54) is 0 Å². The molecule has 13 heavy (non-hydrogen) atoms. The highest BCUT2D eigenvalue weighted by molar-refractivity contribution is 5.71. The minimum absolute atomic E-state index is 0.0984. The molecule has 0 aromatic rings. The van der Waals surface area contributed by atoms with E-state index in [9.17, 15) is 4.79 Å². The van der Waals surface area contributed by atoms with Crippen molar-refractivity contribution in [1.82, 2.24) is 0 Å². The van der Waals surface area contributed by atoms with E-state index < -0.39 is 5.97 Å². The van der Waals surface area contributed by atoms with Crippen LogP contribution in [-0.4, -0.2) is 22.8 Å². The molecule has 1 fully saturated rings. The van der Waals surface area contributed by atoms with E-state index in [1.54, 1.807) is 0 Å². The van der Waals surface area contributed by atoms with Crippen LogP contribution in [0.5, 0.6) is 0 Å². The quantitative estimate of drug-likeness (QED) is 0.699. The van der Waals surface area contributed by atoms with Gasteiger partial charge in [-0.1, -0.05) is 13.8 Å². The molecule has 1 aliphatic rings. The second-order valence-corrected chi connectivity index (χ2v) is 4.24. The van der Waals surface area contributed by atoms with E-state index in [4.69, 9.17) is 10.2 Å². The molecule has 0 amide bonds. The lowest BCUT2D eigenvalue weighted by Gasteiger charge is -2.23. The zero-order valence-corrected chi connectivity index (χ0v) is 8.23. The number of aliphatic hydroxyl groups excluding tert-OH is 1. The second kappa shape index (κ2) is 4.09. The van der Waals surface area contributed by atoms with Crippen LogP contribution in [0.2, 0.25) is 0 Å². The van der Waals surface area contributed by atoms with Crippen LogP contribution in [0.25, 0.3) is 0 Å². The Kier molecular flexibility index (Phi) is 3.31. The number of carboxylic acid groups (broad SMARTS) is 1. The van der Waals surface area contributed by atoms with Crippen LogP contribution in [0.4, 0.5) is 0 Å². The van der Waals surface area contributed by atoms with Gasteiger partial charge in [0.15, 0.2) is 0 Å². The van der Waals surface area contributed by atoms with Gasteiger partial charge in [0.25, 0.3) is 0 Å². The van der Waals surface area contributed by atoms with Gasteiger partial charge in [0.2, 0.25) is 0 Å². The van der Waals surface area contributed by atoms with Gasteiger partial charge in [-0.15, -0.1) is 0 Å². The van der Waals surface area contributed by atoms with Gasteiger partial charge < -0.3 is 10.2 Å². The predicted molar refractivity (Wildman–Crippen MR) is 49.3 cm³/mol. The van der Waals surface area contributed by atoms with Crippen LogP contribution in [0.1, 0.15) is 26.7 Å². The fraction of sp³-hybridized carbons (Fsp3) is 0.900. The third-order valence-corrected chi connectivity index (χ3v) is 3.33. The van der Waals surface area contributed by atoms with Crippen molar-refractivity contribution in [2.24, 2.45) is 23.7 Å². The fourth-order valence-electron chi connectivity index (χ4n) is 2.44. The van der Waals surface area contributed by atoms with E-state index in [0.29, 0.717) is 0 Å². The Hall–Kier alpha value is -0.570. The molecular weight excluding hydrogens is 168 g/mol. The van der Waals surface area contributed by atoms with Crippen molar-refractivity contribution in [2.45, 2.75) is 26.7 Å². The molecule has 0 radical (unpaired) electrons. The molecule has 0 aromatic carbocycles. The molecule has 0 aliphatic heterocycles. The molecule has 0 saturated heterocycles. The number of aliphatic hydroxyl groups is 1. The standard InChI is InChI=1S/C10H18O3/c1-6-3-4-8(7(2)5-11)9(6)10(12)13/h6-9,11H,3-5H2,1-2H3,(H,12,13). The van der Waals surface area contributed by atoms with Crippen molar-refractivity contribution in [2.75, 3.05) is 6.61 Å². The maximum absolute atomic E-state index is 11.0. The Morgan fingerprint density at radius 1 is 1.54 bits per heavy atom. The summed E-state index contributed by atoms with van der Waals surface area (Å²) < 4.78 is 0. The monoisotopic (exact) mass is 186 g/mol. The minimum atomic E-state index is -0.699. The number of carbonyl (C=O) groups is 1. The molecular formula is C10H18O3. The molecule has 4 atom stereocenters. The molecule has 1 aliphatic carbocycles. The maximum atomic E-state index is 11.0. The van der Waals surface area contributed by atoms with Crippen LogP contribution < -0.4 is 0 Å². The topological polar surface area (TPSA) is 57.5 Å². The molecule has 4 unspecified atom stereocenters. The summed E-state index contributed by atoms with van der Waals surface area (Å²) in [7, 11) is 0. The lowest BCUT2D eigenvalue weighted by atomic mass is 9.83. The van der Waals surface area contributed by atoms with E-state index >= 15 is 0 Å². The van der Waals surface area contributed by atoms with Crippen LogP contribution >= 0.6 is 0 Å². The van der Waals surface area contributed by atoms with Gasteiger partial charge in [-0.3, -0.25) is 4.79 Å². The molecule has 1 rings (SSSR count). The van der Waals surface area contributed by atoms with Crippen molar-refractivity contribution in [3.05, 3.63) is 0 Å². The Labute approximate surface area is 78.8 Å². The third kappa shape index (κ3) is 2.02. The smallest absolute Gasteiger partial charge is 0.307 e. The van der Waals surface area contributed by atoms with Gasteiger partial charge in [-0.25, -0.2) is 0 Å². The van der Waals surface area contributed by atoms with Gasteiger partial charge in [-0.05, 0) is 30.6 Å². The van der Waals surface area contributed by atoms with Crippen LogP contribution in [0.3, 0.4) is 0 Å². The maximum Gasteiger partial charge on any atom is 0.307 e. The summed E-state index contributed by atoms with van der Waals surface area (Å²) in [6.45, 7) is 4.02. The van der Waals surface area contributed by atoms with Crippen molar-refractivity contribution < 1.29 is 15.0 Å². The summed E-state index contributed by atoms with van der Waals surface area (Å²) in [6, 6.07) is 0. The summed E-state index contributed by atoms with van der Waals surface area (Å²) in [4.78, 5) is 11.0. The molecule has 2 N–H and O–H groups in total. The highest BCUT2D eigenvalue weighted by Crippen LogP contribution is 2.40. The molecule has 3 nitrogen and oxygen atoms in total. The first-order chi connectivity index (χ1) is 6.07. The second-order valence-electron chi connectivity index (χ2n) is 4.24. The summed E-state index contributed by atoms with van der Waals surface area (Å²) in [5.41, 5.74) is 0. The van der Waals surface area contributed by atoms with Gasteiger partial charge in [0, 0.05) is 6.61 Å². The van der Waals surface area contributed by atoms with Crippen LogP contribution in [0.15, 0.2) is 0 Å². The minimum Gasteiger partial charge on any atom is -0.481 e. The summed E-state index contributed by atoms with van der Waals surface area (Å²) in [5.74, 6) is -0.405. The van der Waals surface area contributed by atoms with Gasteiger partial charge >= 0.3 is 5.97 Å². The van der Waals surface area contributed by atoms with E-state index in [0.717, 1.165) is 12.8 Å². The van der Waals surface area contributed by atoms with Gasteiger partial charge in [0.05, 0.1) is 5.92 Å². The number of hydrogen-bond acceptors (Lipinski definition) is 2. The Balaban J connectivity index is 2.69. The van der Waals surface area contributed by atoms with E-state index in [2.05, 4.69) is 0 Å². The van der Waals surface area contributed by atoms with Crippen molar-refractivity contribution in [1.29, 1.82) is 0 Å². The zero-order chi connectivity index (χ0) is 10.0. The van der Waals surface area contributed by atoms with E-state index in [-0.39, 0.29) is 30.3 Å². The number of aliphatic carboxylic acids is 1. The first-order valence-corrected chi connectivity index (χ1v) is 4.91. The first-order valence-electron chi connectivity index (χ1n) is 4.91. The Morgan fingerprint density at radius 3 is 2.62 bits per heavy atom. The van der Waals surface area contributed by atoms with Crippen LogP contribution in [-0.2, 0) is 4.79 Å². The lowest BCUT2D eigenvalue weighted by Crippen LogP contribution is -2.28. The number of rotatable bonds is 3. The summed E-state index contributed by atoms with van der Waals surface area (Å²) >= 11 is 0. The fourth-order valence-corrected chi connectivity index (χ4v) is 2.44. The number of carboxylic acids is 1. The molecule has 76 valence electrons. The Bertz CT molecular complexity index is 191. The largest absolute Gasteiger partial charge is 0.481 e. The molecule has 0 aromatic heterocycles. The predicted octanol–water partition coefficient (Wildman–Crippen LogP) is 1.36. The highest BCUT2D eigenvalue weighted by atomic mass is 16.4. The summed E-state index contributed by atoms with van der Waals surface area (Å²) in [6.07, 6.45) is 1.92. The van der Waals surface area contributed by atoms with Gasteiger partial charge in [0.1, 0.15) is 0 Å². The first kappa shape index (κ1) is 10.5. The molecule has 1 saturated carbocycles. The van der Waals surface area contributed by atoms with E-state index in [1.807, 2.05) is 13.8 Å². The van der Waals surface area contributed by atoms with Crippen molar-refractivity contribution >= 4 is 5.97 Å². The third-order valence-electron chi connectivity index (χ3n) is 3.33. The molecule has 0 bridgehead atoms. The van der Waals surface area contributed by atoms with Crippen LogP contribution in [0, 0.1) is 23.7 Å². The average Bonchev–Trinajstić information content (AvgIpc) is 2.45. The normalized spacial score (nSPS) is 36.1. The highest BCUT2D eigenvalue weighted by Gasteiger charge is 2.40. The molecule has 0 spiro atoms. The SMILES string of the molecule is CC(CO)C1CCC(C)C1C(=O)O.